The van der Waals surface area contributed by atoms with Gasteiger partial charge in [-0.3, -0.25) is 4.68 Å². The maximum Gasteiger partial charge on any atom is 0.166 e. The number of pyridine rings is 1. The summed E-state index contributed by atoms with van der Waals surface area (Å²) in [5, 5.41) is 14.9. The Hall–Kier alpha value is -4.18. The van der Waals surface area contributed by atoms with Gasteiger partial charge in [-0.05, 0) is 67.6 Å². The number of ether oxygens (including phenoxy) is 1. The average molecular weight is 466 g/mol. The summed E-state index contributed by atoms with van der Waals surface area (Å²) in [5.74, 6) is 0.336. The molecule has 3 heterocycles. The molecule has 0 radical (unpaired) electrons. The van der Waals surface area contributed by atoms with E-state index in [9.17, 15) is 9.65 Å². The lowest BCUT2D eigenvalue weighted by Crippen LogP contribution is -2.15. The van der Waals surface area contributed by atoms with E-state index >= 15 is 0 Å². The van der Waals surface area contributed by atoms with E-state index in [0.29, 0.717) is 16.9 Å². The largest absolute Gasteiger partial charge is 0.482 e. The fourth-order valence-electron chi connectivity index (χ4n) is 5.63. The molecule has 0 amide bonds. The molecule has 1 unspecified atom stereocenters. The number of nitriles is 1. The van der Waals surface area contributed by atoms with Crippen molar-refractivity contribution >= 4 is 5.82 Å². The van der Waals surface area contributed by atoms with E-state index in [4.69, 9.17) is 15.6 Å². The Bertz CT molecular complexity index is 1530. The number of anilines is 1. The van der Waals surface area contributed by atoms with Gasteiger partial charge in [-0.1, -0.05) is 6.07 Å². The van der Waals surface area contributed by atoms with Gasteiger partial charge >= 0.3 is 0 Å². The lowest BCUT2D eigenvalue weighted by molar-refractivity contribution is 0.227. The Kier molecular flexibility index (Phi) is 4.85. The van der Waals surface area contributed by atoms with E-state index in [1.165, 1.54) is 17.7 Å². The monoisotopic (exact) mass is 465 g/mol. The van der Waals surface area contributed by atoms with Crippen molar-refractivity contribution in [1.29, 1.82) is 5.26 Å². The molecule has 2 aromatic carbocycles. The maximum atomic E-state index is 14.4. The van der Waals surface area contributed by atoms with Crippen LogP contribution in [0.3, 0.4) is 0 Å². The van der Waals surface area contributed by atoms with Crippen LogP contribution in [0.25, 0.3) is 22.4 Å². The van der Waals surface area contributed by atoms with Crippen LogP contribution in [-0.2, 0) is 13.5 Å². The van der Waals surface area contributed by atoms with Gasteiger partial charge in [0, 0.05) is 53.2 Å². The fraction of sp³-hybridized carbons (Fsp3) is 0.250. The molecule has 0 saturated carbocycles. The number of aryl methyl sites for hydroxylation is 2. The number of nitrogens with zero attached hydrogens (tertiary/aromatic N) is 4. The molecule has 2 atom stereocenters. The highest BCUT2D eigenvalue weighted by Crippen LogP contribution is 2.48. The standard InChI is InChI=1S/C28H24FN5O/c1-15-22-11-19(29)8-9-21(22)27-23(14-34(2)33-27)20-5-3-4-16-6-7-17(12-30)25(26(16)20)18-10-24(35-15)28(31)32-13-18/h6-11,13-15,20H,3-5H2,1-2H3,(H2,31,32)/t15-,20?/m1/s1. The highest BCUT2D eigenvalue weighted by Gasteiger charge is 2.32. The molecule has 2 bridgehead atoms. The van der Waals surface area contributed by atoms with Crippen molar-refractivity contribution in [2.24, 2.45) is 7.05 Å². The molecular weight excluding hydrogens is 441 g/mol. The summed E-state index contributed by atoms with van der Waals surface area (Å²) in [6, 6.07) is 12.9. The minimum absolute atomic E-state index is 0.0281. The van der Waals surface area contributed by atoms with E-state index in [1.54, 1.807) is 12.3 Å². The Labute approximate surface area is 202 Å². The minimum atomic E-state index is -0.512. The second kappa shape index (κ2) is 7.95. The highest BCUT2D eigenvalue weighted by atomic mass is 19.1. The molecule has 35 heavy (non-hydrogen) atoms. The third-order valence-corrected chi connectivity index (χ3v) is 7.16. The minimum Gasteiger partial charge on any atom is -0.482 e. The molecule has 1 aliphatic heterocycles. The Balaban J connectivity index is 1.75. The van der Waals surface area contributed by atoms with Crippen molar-refractivity contribution in [3.63, 3.8) is 0 Å². The van der Waals surface area contributed by atoms with Crippen molar-refractivity contribution < 1.29 is 9.13 Å². The molecule has 6 nitrogen and oxygen atoms in total. The summed E-state index contributed by atoms with van der Waals surface area (Å²) in [6.45, 7) is 1.87. The maximum absolute atomic E-state index is 14.4. The van der Waals surface area contributed by atoms with Crippen LogP contribution in [0.1, 0.15) is 59.6 Å². The lowest BCUT2D eigenvalue weighted by Gasteiger charge is -2.30. The molecule has 2 aromatic heterocycles. The summed E-state index contributed by atoms with van der Waals surface area (Å²) in [6.07, 6.45) is 6.13. The third-order valence-electron chi connectivity index (χ3n) is 7.16. The van der Waals surface area contributed by atoms with Crippen molar-refractivity contribution in [2.75, 3.05) is 5.73 Å². The third kappa shape index (κ3) is 3.36. The summed E-state index contributed by atoms with van der Waals surface area (Å²) >= 11 is 0. The van der Waals surface area contributed by atoms with Gasteiger partial charge in [0.25, 0.3) is 0 Å². The van der Waals surface area contributed by atoms with Gasteiger partial charge in [0.1, 0.15) is 11.9 Å². The SMILES string of the molecule is C[C@H]1Oc2cc(cnc2N)-c2c(C#N)ccc3c2C(CCC3)c2cn(C)nc2-c2ccc(F)cc21. The lowest BCUT2D eigenvalue weighted by atomic mass is 9.74. The second-order valence-electron chi connectivity index (χ2n) is 9.32. The summed E-state index contributed by atoms with van der Waals surface area (Å²) in [7, 11) is 1.90. The molecule has 174 valence electrons. The Morgan fingerprint density at radius 1 is 1.20 bits per heavy atom. The van der Waals surface area contributed by atoms with Crippen LogP contribution in [0.4, 0.5) is 10.2 Å². The summed E-state index contributed by atoms with van der Waals surface area (Å²) in [5.41, 5.74) is 14.2. The molecule has 2 aliphatic rings. The molecule has 0 fully saturated rings. The van der Waals surface area contributed by atoms with Crippen LogP contribution in [0.5, 0.6) is 5.75 Å². The zero-order valence-corrected chi connectivity index (χ0v) is 19.5. The van der Waals surface area contributed by atoms with Gasteiger partial charge in [0.2, 0.25) is 0 Å². The molecule has 2 N–H and O–H groups in total. The van der Waals surface area contributed by atoms with Crippen molar-refractivity contribution in [1.82, 2.24) is 14.8 Å². The van der Waals surface area contributed by atoms with Gasteiger partial charge in [-0.15, -0.1) is 0 Å². The van der Waals surface area contributed by atoms with Crippen molar-refractivity contribution in [2.45, 2.75) is 38.2 Å². The number of nitrogen functional groups attached to an aromatic ring is 1. The number of rotatable bonds is 0. The smallest absolute Gasteiger partial charge is 0.166 e. The first-order valence-electron chi connectivity index (χ1n) is 11.8. The van der Waals surface area contributed by atoms with E-state index in [2.05, 4.69) is 23.3 Å². The first kappa shape index (κ1) is 21.4. The van der Waals surface area contributed by atoms with Crippen LogP contribution >= 0.6 is 0 Å². The number of nitrogens with two attached hydrogens (primary N) is 1. The van der Waals surface area contributed by atoms with E-state index in [0.717, 1.165) is 52.8 Å². The first-order chi connectivity index (χ1) is 16.9. The molecule has 1 aliphatic carbocycles. The molecule has 0 saturated heterocycles. The number of benzene rings is 2. The van der Waals surface area contributed by atoms with Crippen molar-refractivity contribution in [3.05, 3.63) is 82.4 Å². The molecule has 0 spiro atoms. The topological polar surface area (TPSA) is 89.8 Å². The first-order valence-corrected chi connectivity index (χ1v) is 11.8. The number of aromatic nitrogens is 3. The Morgan fingerprint density at radius 2 is 2.06 bits per heavy atom. The predicted molar refractivity (Wildman–Crippen MR) is 131 cm³/mol. The van der Waals surface area contributed by atoms with Crippen molar-refractivity contribution in [3.8, 4) is 34.2 Å². The quantitative estimate of drug-likeness (QED) is 0.362. The number of hydrogen-bond acceptors (Lipinski definition) is 5. The van der Waals surface area contributed by atoms with Gasteiger partial charge in [0.05, 0.1) is 17.3 Å². The normalized spacial score (nSPS) is 18.1. The average Bonchev–Trinajstić information content (AvgIpc) is 3.24. The van der Waals surface area contributed by atoms with E-state index in [1.807, 2.05) is 30.8 Å². The molecule has 6 rings (SSSR count). The van der Waals surface area contributed by atoms with Gasteiger partial charge < -0.3 is 10.5 Å². The molecule has 4 aromatic rings. The van der Waals surface area contributed by atoms with Crippen LogP contribution in [0.2, 0.25) is 0 Å². The molecular formula is C28H24FN5O. The van der Waals surface area contributed by atoms with Gasteiger partial charge in [-0.25, -0.2) is 9.37 Å². The number of halogens is 1. The Morgan fingerprint density at radius 3 is 2.89 bits per heavy atom. The van der Waals surface area contributed by atoms with Gasteiger partial charge in [0.15, 0.2) is 11.6 Å². The van der Waals surface area contributed by atoms with Crippen LogP contribution < -0.4 is 10.5 Å². The van der Waals surface area contributed by atoms with E-state index < -0.39 is 6.10 Å². The zero-order valence-electron chi connectivity index (χ0n) is 19.5. The zero-order chi connectivity index (χ0) is 24.3. The van der Waals surface area contributed by atoms with Crippen LogP contribution in [0, 0.1) is 17.1 Å². The highest BCUT2D eigenvalue weighted by molar-refractivity contribution is 5.80. The summed E-state index contributed by atoms with van der Waals surface area (Å²) in [4.78, 5) is 4.41. The van der Waals surface area contributed by atoms with Gasteiger partial charge in [-0.2, -0.15) is 10.4 Å². The fourth-order valence-corrected chi connectivity index (χ4v) is 5.63. The van der Waals surface area contributed by atoms with Crippen LogP contribution in [0.15, 0.2) is 48.8 Å². The van der Waals surface area contributed by atoms with E-state index in [-0.39, 0.29) is 17.6 Å². The predicted octanol–water partition coefficient (Wildman–Crippen LogP) is 5.66. The summed E-state index contributed by atoms with van der Waals surface area (Å²) < 4.78 is 22.5. The van der Waals surface area contributed by atoms with Crippen LogP contribution in [-0.4, -0.2) is 14.8 Å². The molecule has 7 heteroatoms. The second-order valence-corrected chi connectivity index (χ2v) is 9.32. The number of hydrogen-bond donors (Lipinski definition) is 1. The number of fused-ring (bicyclic) bond motifs is 7.